The molecular weight excluding hydrogens is 321 g/mol. The van der Waals surface area contributed by atoms with Crippen LogP contribution in [0.25, 0.3) is 0 Å². The number of rotatable bonds is 3. The van der Waals surface area contributed by atoms with Crippen LogP contribution in [0.5, 0.6) is 0 Å². The van der Waals surface area contributed by atoms with Gasteiger partial charge in [-0.2, -0.15) is 13.2 Å². The van der Waals surface area contributed by atoms with Crippen molar-refractivity contribution >= 4 is 39.6 Å². The van der Waals surface area contributed by atoms with Crippen LogP contribution in [0.4, 0.5) is 23.9 Å². The van der Waals surface area contributed by atoms with Gasteiger partial charge in [0.2, 0.25) is 0 Å². The molecule has 1 aliphatic rings. The molecule has 21 heavy (non-hydrogen) atoms. The van der Waals surface area contributed by atoms with Crippen LogP contribution in [-0.4, -0.2) is 31.3 Å². The molecule has 0 bridgehead atoms. The first-order valence-corrected chi connectivity index (χ1v) is 8.58. The Bertz CT molecular complexity index is 534. The summed E-state index contributed by atoms with van der Waals surface area (Å²) in [5, 5.41) is 0.825. The molecule has 2 rings (SSSR count). The Morgan fingerprint density at radius 1 is 1.38 bits per heavy atom. The lowest BCUT2D eigenvalue weighted by atomic mass is 9.96. The largest absolute Gasteiger partial charge is 0.396 e. The maximum absolute atomic E-state index is 12.7. The lowest BCUT2D eigenvalue weighted by Gasteiger charge is -2.34. The molecule has 2 heterocycles. The number of carbonyl (C=O) groups is 1. The van der Waals surface area contributed by atoms with E-state index in [2.05, 4.69) is 0 Å². The van der Waals surface area contributed by atoms with Gasteiger partial charge < -0.3 is 10.6 Å². The van der Waals surface area contributed by atoms with Gasteiger partial charge in [0.1, 0.15) is 5.00 Å². The van der Waals surface area contributed by atoms with Gasteiger partial charge in [-0.15, -0.1) is 23.1 Å². The summed E-state index contributed by atoms with van der Waals surface area (Å²) in [5.74, 6) is -1.33. The second-order valence-corrected chi connectivity index (χ2v) is 6.86. The first kappa shape index (κ1) is 16.5. The molecule has 8 heteroatoms. The Morgan fingerprint density at radius 3 is 2.38 bits per heavy atom. The van der Waals surface area contributed by atoms with Crippen molar-refractivity contribution in [3.8, 4) is 0 Å². The van der Waals surface area contributed by atoms with Crippen molar-refractivity contribution in [1.82, 2.24) is 0 Å². The molecule has 0 atom stereocenters. The summed E-state index contributed by atoms with van der Waals surface area (Å²) in [6, 6.07) is 0. The molecule has 1 fully saturated rings. The molecule has 1 saturated heterocycles. The summed E-state index contributed by atoms with van der Waals surface area (Å²) in [6.07, 6.45) is -2.09. The second kappa shape index (κ2) is 6.08. The fourth-order valence-corrected chi connectivity index (χ4v) is 4.62. The zero-order valence-corrected chi connectivity index (χ0v) is 13.4. The highest BCUT2D eigenvalue weighted by atomic mass is 32.2. The van der Waals surface area contributed by atoms with Crippen molar-refractivity contribution in [3.05, 3.63) is 4.88 Å². The van der Waals surface area contributed by atoms with Crippen LogP contribution in [0, 0.1) is 5.92 Å². The van der Waals surface area contributed by atoms with Crippen LogP contribution in [0.2, 0.25) is 0 Å². The highest BCUT2D eigenvalue weighted by Gasteiger charge is 2.41. The van der Waals surface area contributed by atoms with Gasteiger partial charge in [-0.05, 0) is 19.1 Å². The van der Waals surface area contributed by atoms with Gasteiger partial charge in [0.15, 0.2) is 5.78 Å². The fourth-order valence-electron chi connectivity index (χ4n) is 2.49. The van der Waals surface area contributed by atoms with Gasteiger partial charge in [-0.1, -0.05) is 0 Å². The Labute approximate surface area is 129 Å². The summed E-state index contributed by atoms with van der Waals surface area (Å²) in [6.45, 7) is 2.13. The minimum atomic E-state index is -4.12. The van der Waals surface area contributed by atoms with Crippen LogP contribution < -0.4 is 10.6 Å². The maximum atomic E-state index is 12.7. The molecule has 0 amide bonds. The van der Waals surface area contributed by atoms with Crippen molar-refractivity contribution < 1.29 is 18.0 Å². The summed E-state index contributed by atoms with van der Waals surface area (Å²) in [4.78, 5) is 14.8. The molecule has 0 aliphatic carbocycles. The molecular formula is C13H17F3N2OS2. The third-order valence-corrected chi connectivity index (χ3v) is 5.97. The number of nitrogen functional groups attached to an aromatic ring is 1. The number of ketones is 1. The van der Waals surface area contributed by atoms with Gasteiger partial charge in [-0.3, -0.25) is 4.79 Å². The molecule has 118 valence electrons. The second-order valence-electron chi connectivity index (χ2n) is 5.04. The topological polar surface area (TPSA) is 46.3 Å². The average molecular weight is 338 g/mol. The summed E-state index contributed by atoms with van der Waals surface area (Å²) in [7, 11) is 0. The van der Waals surface area contributed by atoms with E-state index in [0.29, 0.717) is 23.7 Å². The normalized spacial score (nSPS) is 17.3. The van der Waals surface area contributed by atoms with E-state index in [1.54, 1.807) is 0 Å². The monoisotopic (exact) mass is 338 g/mol. The Morgan fingerprint density at radius 2 is 1.95 bits per heavy atom. The number of Topliss-reactive ketones (excluding diaryl/α,β-unsaturated/α-hetero) is 1. The number of halogens is 3. The number of hydrogen-bond acceptors (Lipinski definition) is 5. The highest BCUT2D eigenvalue weighted by Crippen LogP contribution is 2.45. The third-order valence-electron chi connectivity index (χ3n) is 3.65. The lowest BCUT2D eigenvalue weighted by Crippen LogP contribution is -2.38. The number of anilines is 2. The molecule has 1 aromatic heterocycles. The Balaban J connectivity index is 2.21. The van der Waals surface area contributed by atoms with Crippen molar-refractivity contribution in [2.45, 2.75) is 30.8 Å². The molecule has 1 aliphatic heterocycles. The highest BCUT2D eigenvalue weighted by molar-refractivity contribution is 7.99. The van der Waals surface area contributed by atoms with Crippen LogP contribution in [0.1, 0.15) is 29.4 Å². The molecule has 0 spiro atoms. The maximum Gasteiger partial charge on any atom is 0.391 e. The van der Waals surface area contributed by atoms with Gasteiger partial charge in [-0.25, -0.2) is 0 Å². The Hall–Kier alpha value is -0.890. The number of thiophene rings is 1. The van der Waals surface area contributed by atoms with E-state index < -0.39 is 12.1 Å². The zero-order valence-electron chi connectivity index (χ0n) is 11.8. The first-order chi connectivity index (χ1) is 9.75. The average Bonchev–Trinajstić information content (AvgIpc) is 2.75. The number of carbonyl (C=O) groups excluding carboxylic acids is 1. The van der Waals surface area contributed by atoms with E-state index in [1.165, 1.54) is 30.0 Å². The number of alkyl halides is 3. The van der Waals surface area contributed by atoms with Crippen LogP contribution in [-0.2, 0) is 0 Å². The van der Waals surface area contributed by atoms with E-state index in [9.17, 15) is 18.0 Å². The predicted molar refractivity (Wildman–Crippen MR) is 81.5 cm³/mol. The minimum absolute atomic E-state index is 0.0878. The SMILES string of the molecule is CSc1c(N2CCC(C(F)(F)F)CC2)sc(C(C)=O)c1N. The standard InChI is InChI=1S/C13H17F3N2OS2/c1-7(19)10-9(17)11(20-2)12(21-10)18-5-3-8(4-6-18)13(14,15)16/h8H,3-6,17H2,1-2H3. The molecule has 0 radical (unpaired) electrons. The molecule has 3 nitrogen and oxygen atoms in total. The molecule has 2 N–H and O–H groups in total. The number of piperidine rings is 1. The number of nitrogens with two attached hydrogens (primary N) is 1. The van der Waals surface area contributed by atoms with E-state index >= 15 is 0 Å². The van der Waals surface area contributed by atoms with Gasteiger partial charge in [0.25, 0.3) is 0 Å². The van der Waals surface area contributed by atoms with Gasteiger partial charge in [0.05, 0.1) is 21.4 Å². The van der Waals surface area contributed by atoms with Crippen LogP contribution in [0.15, 0.2) is 4.90 Å². The van der Waals surface area contributed by atoms with Crippen molar-refractivity contribution in [1.29, 1.82) is 0 Å². The van der Waals surface area contributed by atoms with Crippen LogP contribution in [0.3, 0.4) is 0 Å². The summed E-state index contributed by atoms with van der Waals surface area (Å²) >= 11 is 2.71. The summed E-state index contributed by atoms with van der Waals surface area (Å²) < 4.78 is 38.1. The van der Waals surface area contributed by atoms with Crippen molar-refractivity contribution in [2.75, 3.05) is 30.0 Å². The fraction of sp³-hybridized carbons (Fsp3) is 0.615. The van der Waals surface area contributed by atoms with Gasteiger partial charge in [0, 0.05) is 20.0 Å². The number of nitrogens with zero attached hydrogens (tertiary/aromatic N) is 1. The smallest absolute Gasteiger partial charge is 0.391 e. The Kier molecular flexibility index (Phi) is 4.77. The quantitative estimate of drug-likeness (QED) is 0.667. The summed E-state index contributed by atoms with van der Waals surface area (Å²) in [5.41, 5.74) is 6.43. The van der Waals surface area contributed by atoms with Crippen LogP contribution >= 0.6 is 23.1 Å². The number of thioether (sulfide) groups is 1. The van der Waals surface area contributed by atoms with Crippen molar-refractivity contribution in [3.63, 3.8) is 0 Å². The van der Waals surface area contributed by atoms with E-state index in [4.69, 9.17) is 5.73 Å². The van der Waals surface area contributed by atoms with E-state index in [0.717, 1.165) is 9.90 Å². The lowest BCUT2D eigenvalue weighted by molar-refractivity contribution is -0.179. The van der Waals surface area contributed by atoms with Gasteiger partial charge >= 0.3 is 6.18 Å². The number of hydrogen-bond donors (Lipinski definition) is 1. The van der Waals surface area contributed by atoms with E-state index in [1.807, 2.05) is 11.2 Å². The molecule has 0 aromatic carbocycles. The molecule has 0 saturated carbocycles. The van der Waals surface area contributed by atoms with Crippen molar-refractivity contribution in [2.24, 2.45) is 5.92 Å². The van der Waals surface area contributed by atoms with E-state index in [-0.39, 0.29) is 18.6 Å². The predicted octanol–water partition coefficient (Wildman–Crippen LogP) is 4.03. The molecule has 1 aromatic rings. The third kappa shape index (κ3) is 3.31. The minimum Gasteiger partial charge on any atom is -0.396 e. The molecule has 0 unspecified atom stereocenters. The zero-order chi connectivity index (χ0) is 15.8. The first-order valence-electron chi connectivity index (χ1n) is 6.54.